The monoisotopic (exact) mass is 389 g/mol. The number of anilines is 1. The van der Waals surface area contributed by atoms with E-state index in [-0.39, 0.29) is 18.1 Å². The number of hydrogen-bond donors (Lipinski definition) is 1. The minimum absolute atomic E-state index is 0.0701. The van der Waals surface area contributed by atoms with Gasteiger partial charge in [-0.25, -0.2) is 9.37 Å². The summed E-state index contributed by atoms with van der Waals surface area (Å²) in [6.07, 6.45) is 3.40. The molecule has 134 valence electrons. The highest BCUT2D eigenvalue weighted by Gasteiger charge is 2.16. The molecule has 0 bridgehead atoms. The van der Waals surface area contributed by atoms with E-state index >= 15 is 0 Å². The van der Waals surface area contributed by atoms with Gasteiger partial charge in [-0.3, -0.25) is 4.79 Å². The maximum absolute atomic E-state index is 13.8. The van der Waals surface area contributed by atoms with Crippen LogP contribution in [0.1, 0.15) is 11.4 Å². The van der Waals surface area contributed by atoms with Crippen LogP contribution in [0, 0.1) is 5.82 Å². The van der Waals surface area contributed by atoms with Gasteiger partial charge >= 0.3 is 0 Å². The van der Waals surface area contributed by atoms with Crippen molar-refractivity contribution >= 4 is 34.1 Å². The lowest BCUT2D eigenvalue weighted by atomic mass is 10.2. The Hall–Kier alpha value is -2.52. The van der Waals surface area contributed by atoms with Crippen molar-refractivity contribution in [1.82, 2.24) is 19.7 Å². The van der Waals surface area contributed by atoms with E-state index in [4.69, 9.17) is 0 Å². The van der Waals surface area contributed by atoms with Crippen molar-refractivity contribution in [2.75, 3.05) is 5.32 Å². The molecule has 26 heavy (non-hydrogen) atoms. The molecule has 2 heterocycles. The number of halogens is 1. The summed E-state index contributed by atoms with van der Waals surface area (Å²) in [4.78, 5) is 16.2. The fourth-order valence-corrected chi connectivity index (χ4v) is 3.72. The third-order valence-electron chi connectivity index (χ3n) is 3.42. The number of benzene rings is 1. The van der Waals surface area contributed by atoms with Crippen molar-refractivity contribution in [2.45, 2.75) is 23.9 Å². The van der Waals surface area contributed by atoms with E-state index in [1.165, 1.54) is 29.2 Å². The van der Waals surface area contributed by atoms with Crippen molar-refractivity contribution in [3.05, 3.63) is 65.7 Å². The first-order chi connectivity index (χ1) is 12.7. The molecule has 0 aliphatic carbocycles. The Balaban J connectivity index is 1.70. The second kappa shape index (κ2) is 8.72. The van der Waals surface area contributed by atoms with Crippen molar-refractivity contribution in [3.63, 3.8) is 0 Å². The number of nitrogens with one attached hydrogen (secondary N) is 1. The average molecular weight is 389 g/mol. The molecule has 0 unspecified atom stereocenters. The standard InChI is InChI=1S/C17H16FN5OS2/c1-2-8-23-14(10-15(24)20-16-19-7-9-25-16)21-22-17(23)26-11-12-5-3-4-6-13(12)18/h2-7,9H,1,8,10-11H2,(H,19,20,24). The predicted molar refractivity (Wildman–Crippen MR) is 101 cm³/mol. The minimum Gasteiger partial charge on any atom is -0.302 e. The number of nitrogens with zero attached hydrogens (tertiary/aromatic N) is 4. The second-order valence-corrected chi connectivity index (χ2v) is 7.08. The minimum atomic E-state index is -0.252. The van der Waals surface area contributed by atoms with Crippen LogP contribution >= 0.6 is 23.1 Å². The molecule has 0 atom stereocenters. The first-order valence-corrected chi connectivity index (χ1v) is 9.62. The predicted octanol–water partition coefficient (Wildman–Crippen LogP) is 3.53. The SMILES string of the molecule is C=CCn1c(CC(=O)Nc2nccs2)nnc1SCc1ccccc1F. The number of thioether (sulfide) groups is 1. The number of hydrogen-bond acceptors (Lipinski definition) is 6. The molecule has 0 saturated heterocycles. The maximum atomic E-state index is 13.8. The summed E-state index contributed by atoms with van der Waals surface area (Å²) in [5.41, 5.74) is 0.591. The number of aromatic nitrogens is 4. The van der Waals surface area contributed by atoms with Crippen LogP contribution in [0.25, 0.3) is 0 Å². The first-order valence-electron chi connectivity index (χ1n) is 7.76. The first kappa shape index (κ1) is 18.3. The number of thiazole rings is 1. The van der Waals surface area contributed by atoms with Crippen LogP contribution in [-0.4, -0.2) is 25.7 Å². The molecule has 0 aliphatic heterocycles. The molecule has 3 rings (SSSR count). The van der Waals surface area contributed by atoms with Crippen molar-refractivity contribution in [3.8, 4) is 0 Å². The maximum Gasteiger partial charge on any atom is 0.233 e. The molecule has 1 aromatic carbocycles. The summed E-state index contributed by atoms with van der Waals surface area (Å²) in [6.45, 7) is 4.20. The highest BCUT2D eigenvalue weighted by atomic mass is 32.2. The quantitative estimate of drug-likeness (QED) is 0.471. The Morgan fingerprint density at radius 3 is 2.96 bits per heavy atom. The molecule has 0 spiro atoms. The van der Waals surface area contributed by atoms with Crippen LogP contribution in [0.2, 0.25) is 0 Å². The van der Waals surface area contributed by atoms with Gasteiger partial charge in [-0.05, 0) is 11.6 Å². The van der Waals surface area contributed by atoms with E-state index in [9.17, 15) is 9.18 Å². The zero-order valence-corrected chi connectivity index (χ0v) is 15.4. The Labute approximate surface area is 158 Å². The summed E-state index contributed by atoms with van der Waals surface area (Å²) in [7, 11) is 0. The van der Waals surface area contributed by atoms with Crippen molar-refractivity contribution < 1.29 is 9.18 Å². The normalized spacial score (nSPS) is 10.7. The lowest BCUT2D eigenvalue weighted by Crippen LogP contribution is -2.17. The highest BCUT2D eigenvalue weighted by molar-refractivity contribution is 7.98. The van der Waals surface area contributed by atoms with Crippen LogP contribution in [0.3, 0.4) is 0 Å². The third-order valence-corrected chi connectivity index (χ3v) is 5.12. The highest BCUT2D eigenvalue weighted by Crippen LogP contribution is 2.23. The van der Waals surface area contributed by atoms with Gasteiger partial charge in [0, 0.05) is 23.9 Å². The van der Waals surface area contributed by atoms with Gasteiger partial charge in [0.2, 0.25) is 5.91 Å². The van der Waals surface area contributed by atoms with Gasteiger partial charge in [0.15, 0.2) is 10.3 Å². The summed E-state index contributed by atoms with van der Waals surface area (Å²) in [6, 6.07) is 6.61. The summed E-state index contributed by atoms with van der Waals surface area (Å²) >= 11 is 2.71. The molecular weight excluding hydrogens is 373 g/mol. The van der Waals surface area contributed by atoms with E-state index in [1.807, 2.05) is 0 Å². The molecule has 6 nitrogen and oxygen atoms in total. The van der Waals surface area contributed by atoms with E-state index in [2.05, 4.69) is 27.1 Å². The fraction of sp³-hybridized carbons (Fsp3) is 0.176. The molecule has 1 N–H and O–H groups in total. The van der Waals surface area contributed by atoms with Crippen molar-refractivity contribution in [1.29, 1.82) is 0 Å². The molecule has 1 amide bonds. The summed E-state index contributed by atoms with van der Waals surface area (Å²) in [5, 5.41) is 13.9. The fourth-order valence-electron chi connectivity index (χ4n) is 2.22. The number of carbonyl (C=O) groups excluding carboxylic acids is 1. The molecular formula is C17H16FN5OS2. The zero-order valence-electron chi connectivity index (χ0n) is 13.8. The molecule has 3 aromatic rings. The molecule has 0 fully saturated rings. The largest absolute Gasteiger partial charge is 0.302 e. The van der Waals surface area contributed by atoms with Crippen LogP contribution in [0.5, 0.6) is 0 Å². The van der Waals surface area contributed by atoms with Crippen molar-refractivity contribution in [2.24, 2.45) is 0 Å². The summed E-state index contributed by atoms with van der Waals surface area (Å²) < 4.78 is 15.6. The molecule has 0 radical (unpaired) electrons. The third kappa shape index (κ3) is 4.55. The second-order valence-electron chi connectivity index (χ2n) is 5.24. The Morgan fingerprint density at radius 1 is 1.38 bits per heavy atom. The van der Waals surface area contributed by atoms with Gasteiger partial charge in [0.1, 0.15) is 11.6 Å². The van der Waals surface area contributed by atoms with Gasteiger partial charge in [-0.1, -0.05) is 36.0 Å². The van der Waals surface area contributed by atoms with Crippen LogP contribution in [0.4, 0.5) is 9.52 Å². The number of rotatable bonds is 8. The smallest absolute Gasteiger partial charge is 0.233 e. The van der Waals surface area contributed by atoms with E-state index in [0.717, 1.165) is 0 Å². The lowest BCUT2D eigenvalue weighted by Gasteiger charge is -2.08. The van der Waals surface area contributed by atoms with Gasteiger partial charge in [0.25, 0.3) is 0 Å². The average Bonchev–Trinajstić information content (AvgIpc) is 3.26. The molecule has 0 saturated carbocycles. The van der Waals surface area contributed by atoms with Crippen LogP contribution in [0.15, 0.2) is 53.7 Å². The number of amides is 1. The van der Waals surface area contributed by atoms with Gasteiger partial charge in [0.05, 0.1) is 6.42 Å². The van der Waals surface area contributed by atoms with E-state index < -0.39 is 0 Å². The topological polar surface area (TPSA) is 72.7 Å². The lowest BCUT2D eigenvalue weighted by molar-refractivity contribution is -0.115. The molecule has 9 heteroatoms. The van der Waals surface area contributed by atoms with Crippen LogP contribution < -0.4 is 5.32 Å². The van der Waals surface area contributed by atoms with Gasteiger partial charge in [-0.15, -0.1) is 28.1 Å². The molecule has 2 aromatic heterocycles. The Bertz CT molecular complexity index is 894. The number of carbonyl (C=O) groups is 1. The van der Waals surface area contributed by atoms with E-state index in [1.54, 1.807) is 40.4 Å². The molecule has 0 aliphatic rings. The number of allylic oxidation sites excluding steroid dienone is 1. The zero-order chi connectivity index (χ0) is 18.4. The van der Waals surface area contributed by atoms with Gasteiger partial charge < -0.3 is 9.88 Å². The Kier molecular flexibility index (Phi) is 6.13. The van der Waals surface area contributed by atoms with E-state index in [0.29, 0.717) is 34.0 Å². The van der Waals surface area contributed by atoms with Gasteiger partial charge in [-0.2, -0.15) is 0 Å². The van der Waals surface area contributed by atoms with Crippen LogP contribution in [-0.2, 0) is 23.5 Å². The summed E-state index contributed by atoms with van der Waals surface area (Å²) in [5.74, 6) is 0.476. The Morgan fingerprint density at radius 2 is 2.23 bits per heavy atom.